The van der Waals surface area contributed by atoms with Gasteiger partial charge in [0.15, 0.2) is 0 Å². The molecule has 12 heavy (non-hydrogen) atoms. The van der Waals surface area contributed by atoms with Crippen molar-refractivity contribution in [2.45, 2.75) is 31.5 Å². The number of nitrogens with one attached hydrogen (secondary N) is 1. The molecule has 0 radical (unpaired) electrons. The van der Waals surface area contributed by atoms with E-state index in [9.17, 15) is 4.39 Å². The second kappa shape index (κ2) is 3.71. The minimum Gasteiger partial charge on any atom is -0.314 e. The van der Waals surface area contributed by atoms with Crippen LogP contribution < -0.4 is 5.32 Å². The summed E-state index contributed by atoms with van der Waals surface area (Å²) in [4.78, 5) is 2.32. The summed E-state index contributed by atoms with van der Waals surface area (Å²) in [6, 6.07) is 0.216. The van der Waals surface area contributed by atoms with Crippen LogP contribution in [0.2, 0.25) is 0 Å². The predicted molar refractivity (Wildman–Crippen MR) is 47.0 cm³/mol. The van der Waals surface area contributed by atoms with Crippen LogP contribution in [0.5, 0.6) is 0 Å². The van der Waals surface area contributed by atoms with Gasteiger partial charge in [-0.1, -0.05) is 0 Å². The predicted octanol–water partition coefficient (Wildman–Crippen LogP) is 0.782. The Hall–Kier alpha value is -0.150. The summed E-state index contributed by atoms with van der Waals surface area (Å²) in [7, 11) is 0. The lowest BCUT2D eigenvalue weighted by Gasteiger charge is -2.33. The molecule has 2 heterocycles. The molecule has 0 aromatic carbocycles. The summed E-state index contributed by atoms with van der Waals surface area (Å²) in [5.41, 5.74) is 0. The van der Waals surface area contributed by atoms with Crippen LogP contribution in [0.3, 0.4) is 0 Å². The van der Waals surface area contributed by atoms with Gasteiger partial charge in [0.05, 0.1) is 0 Å². The van der Waals surface area contributed by atoms with Crippen molar-refractivity contribution in [3.63, 3.8) is 0 Å². The molecule has 1 unspecified atom stereocenters. The van der Waals surface area contributed by atoms with Gasteiger partial charge < -0.3 is 5.32 Å². The highest BCUT2D eigenvalue weighted by atomic mass is 19.1. The first-order chi connectivity index (χ1) is 5.88. The van der Waals surface area contributed by atoms with Gasteiger partial charge in [-0.3, -0.25) is 4.90 Å². The lowest BCUT2D eigenvalue weighted by Crippen LogP contribution is -2.50. The Morgan fingerprint density at radius 2 is 2.00 bits per heavy atom. The van der Waals surface area contributed by atoms with Gasteiger partial charge >= 0.3 is 0 Å². The van der Waals surface area contributed by atoms with Crippen LogP contribution in [-0.2, 0) is 0 Å². The van der Waals surface area contributed by atoms with Crippen molar-refractivity contribution >= 4 is 0 Å². The van der Waals surface area contributed by atoms with Gasteiger partial charge in [0.2, 0.25) is 0 Å². The molecule has 2 fully saturated rings. The molecule has 2 aliphatic rings. The maximum atomic E-state index is 13.4. The topological polar surface area (TPSA) is 15.3 Å². The molecule has 0 amide bonds. The number of hydrogen-bond donors (Lipinski definition) is 1. The van der Waals surface area contributed by atoms with Gasteiger partial charge in [-0.05, 0) is 38.9 Å². The van der Waals surface area contributed by atoms with E-state index in [-0.39, 0.29) is 6.04 Å². The number of likely N-dealkylation sites (tertiary alicyclic amines) is 1. The van der Waals surface area contributed by atoms with Crippen LogP contribution in [0.4, 0.5) is 4.39 Å². The van der Waals surface area contributed by atoms with Gasteiger partial charge in [-0.15, -0.1) is 0 Å². The molecule has 0 spiro atoms. The molecule has 0 bridgehead atoms. The van der Waals surface area contributed by atoms with Crippen molar-refractivity contribution in [3.05, 3.63) is 0 Å². The molecule has 0 aromatic rings. The van der Waals surface area contributed by atoms with Gasteiger partial charge in [0, 0.05) is 12.6 Å². The minimum atomic E-state index is -0.642. The Morgan fingerprint density at radius 3 is 2.67 bits per heavy atom. The molecular formula is C9H17FN2. The molecule has 2 rings (SSSR count). The Kier molecular flexibility index (Phi) is 2.61. The lowest BCUT2D eigenvalue weighted by molar-refractivity contribution is 0.104. The van der Waals surface area contributed by atoms with Crippen LogP contribution in [0.25, 0.3) is 0 Å². The fraction of sp³-hybridized carbons (Fsp3) is 1.00. The van der Waals surface area contributed by atoms with Crippen LogP contribution in [0, 0.1) is 0 Å². The average Bonchev–Trinajstić information content (AvgIpc) is 2.57. The third kappa shape index (κ3) is 1.62. The Labute approximate surface area is 73.1 Å². The summed E-state index contributed by atoms with van der Waals surface area (Å²) in [6.45, 7) is 3.78. The van der Waals surface area contributed by atoms with E-state index in [1.807, 2.05) is 0 Å². The van der Waals surface area contributed by atoms with Gasteiger partial charge in [0.1, 0.15) is 6.17 Å². The average molecular weight is 172 g/mol. The highest BCUT2D eigenvalue weighted by Crippen LogP contribution is 2.20. The van der Waals surface area contributed by atoms with Crippen molar-refractivity contribution < 1.29 is 4.39 Å². The van der Waals surface area contributed by atoms with Crippen LogP contribution in [-0.4, -0.2) is 43.3 Å². The Morgan fingerprint density at radius 1 is 1.25 bits per heavy atom. The fourth-order valence-electron chi connectivity index (χ4n) is 2.29. The molecular weight excluding hydrogens is 155 g/mol. The highest BCUT2D eigenvalue weighted by Gasteiger charge is 2.31. The number of piperidine rings is 1. The first-order valence-corrected chi connectivity index (χ1v) is 4.97. The number of halogens is 1. The Bertz CT molecular complexity index is 145. The first-order valence-electron chi connectivity index (χ1n) is 4.97. The molecule has 2 nitrogen and oxygen atoms in total. The summed E-state index contributed by atoms with van der Waals surface area (Å²) in [5, 5.41) is 3.09. The van der Waals surface area contributed by atoms with E-state index in [0.717, 1.165) is 26.1 Å². The molecule has 3 heteroatoms. The van der Waals surface area contributed by atoms with Crippen molar-refractivity contribution in [2.75, 3.05) is 26.2 Å². The third-order valence-electron chi connectivity index (χ3n) is 2.98. The quantitative estimate of drug-likeness (QED) is 0.629. The largest absolute Gasteiger partial charge is 0.314 e. The van der Waals surface area contributed by atoms with Gasteiger partial charge in [-0.25, -0.2) is 4.39 Å². The number of rotatable bonds is 1. The van der Waals surface area contributed by atoms with Crippen molar-refractivity contribution in [3.8, 4) is 0 Å². The monoisotopic (exact) mass is 172 g/mol. The van der Waals surface area contributed by atoms with Crippen LogP contribution in [0.1, 0.15) is 19.3 Å². The molecule has 0 saturated carbocycles. The zero-order valence-electron chi connectivity index (χ0n) is 7.43. The molecule has 70 valence electrons. The summed E-state index contributed by atoms with van der Waals surface area (Å²) < 4.78 is 13.4. The van der Waals surface area contributed by atoms with E-state index in [0.29, 0.717) is 6.54 Å². The van der Waals surface area contributed by atoms with E-state index < -0.39 is 6.17 Å². The summed E-state index contributed by atoms with van der Waals surface area (Å²) in [5.74, 6) is 0. The van der Waals surface area contributed by atoms with E-state index in [4.69, 9.17) is 0 Å². The van der Waals surface area contributed by atoms with Crippen molar-refractivity contribution in [1.82, 2.24) is 10.2 Å². The maximum Gasteiger partial charge on any atom is 0.128 e. The molecule has 2 aliphatic heterocycles. The standard InChI is InChI=1S/C9H17FN2/c10-8-7-11-4-3-9(8)12-5-1-2-6-12/h8-9,11H,1-7H2/t8-,9?/m0/s1. The molecule has 2 saturated heterocycles. The number of alkyl halides is 1. The van der Waals surface area contributed by atoms with Crippen LogP contribution >= 0.6 is 0 Å². The molecule has 1 N–H and O–H groups in total. The first kappa shape index (κ1) is 8.45. The lowest BCUT2D eigenvalue weighted by atomic mass is 10.0. The maximum absolute atomic E-state index is 13.4. The highest BCUT2D eigenvalue weighted by molar-refractivity contribution is 4.87. The SMILES string of the molecule is F[C@H]1CNCCC1N1CCCC1. The van der Waals surface area contributed by atoms with Gasteiger partial charge in [-0.2, -0.15) is 0 Å². The normalized spacial score (nSPS) is 38.8. The summed E-state index contributed by atoms with van der Waals surface area (Å²) >= 11 is 0. The zero-order valence-corrected chi connectivity index (χ0v) is 7.43. The third-order valence-corrected chi connectivity index (χ3v) is 2.98. The molecule has 0 aromatic heterocycles. The van der Waals surface area contributed by atoms with Crippen molar-refractivity contribution in [2.24, 2.45) is 0 Å². The van der Waals surface area contributed by atoms with E-state index in [2.05, 4.69) is 10.2 Å². The zero-order chi connectivity index (χ0) is 8.39. The fourth-order valence-corrected chi connectivity index (χ4v) is 2.29. The van der Waals surface area contributed by atoms with E-state index in [1.54, 1.807) is 0 Å². The Balaban J connectivity index is 1.91. The summed E-state index contributed by atoms with van der Waals surface area (Å²) in [6.07, 6.45) is 2.87. The smallest absolute Gasteiger partial charge is 0.128 e. The number of hydrogen-bond acceptors (Lipinski definition) is 2. The molecule has 2 atom stereocenters. The van der Waals surface area contributed by atoms with Crippen LogP contribution in [0.15, 0.2) is 0 Å². The van der Waals surface area contributed by atoms with Gasteiger partial charge in [0.25, 0.3) is 0 Å². The van der Waals surface area contributed by atoms with E-state index >= 15 is 0 Å². The molecule has 0 aliphatic carbocycles. The minimum absolute atomic E-state index is 0.216. The van der Waals surface area contributed by atoms with E-state index in [1.165, 1.54) is 12.8 Å². The second-order valence-electron chi connectivity index (χ2n) is 3.82. The second-order valence-corrected chi connectivity index (χ2v) is 3.82. The number of nitrogens with zero attached hydrogens (tertiary/aromatic N) is 1. The van der Waals surface area contributed by atoms with Crippen molar-refractivity contribution in [1.29, 1.82) is 0 Å².